The standard InChI is InChI=1S/C11H14N4O4/c16-9-3-7(11(19)12-2-1-10(17)18)6-15(9)8-4-13-14-5-8/h4-5,7H,1-3,6H2,(H,12,19)(H,13,14)(H,17,18)/t7-/m1/s1. The van der Waals surface area contributed by atoms with Gasteiger partial charge in [-0.25, -0.2) is 0 Å². The molecule has 0 bridgehead atoms. The highest BCUT2D eigenvalue weighted by molar-refractivity contribution is 6.00. The summed E-state index contributed by atoms with van der Waals surface area (Å²) in [6.45, 7) is 0.363. The average Bonchev–Trinajstić information content (AvgIpc) is 2.96. The van der Waals surface area contributed by atoms with E-state index >= 15 is 0 Å². The molecule has 1 saturated heterocycles. The third-order valence-electron chi connectivity index (χ3n) is 2.93. The number of aliphatic carboxylic acids is 1. The predicted octanol–water partition coefficient (Wildman–Crippen LogP) is -0.646. The van der Waals surface area contributed by atoms with E-state index in [1.807, 2.05) is 0 Å². The summed E-state index contributed by atoms with van der Waals surface area (Å²) >= 11 is 0. The number of hydrogen-bond donors (Lipinski definition) is 3. The highest BCUT2D eigenvalue weighted by Gasteiger charge is 2.35. The smallest absolute Gasteiger partial charge is 0.305 e. The maximum absolute atomic E-state index is 11.8. The van der Waals surface area contributed by atoms with Crippen LogP contribution in [-0.4, -0.2) is 46.2 Å². The summed E-state index contributed by atoms with van der Waals surface area (Å²) < 4.78 is 0. The first kappa shape index (κ1) is 13.1. The van der Waals surface area contributed by atoms with E-state index in [0.29, 0.717) is 5.69 Å². The van der Waals surface area contributed by atoms with Crippen LogP contribution in [0.25, 0.3) is 0 Å². The Morgan fingerprint density at radius 1 is 1.58 bits per heavy atom. The number of aromatic amines is 1. The van der Waals surface area contributed by atoms with Crippen LogP contribution in [0.2, 0.25) is 0 Å². The molecule has 1 fully saturated rings. The number of anilines is 1. The number of H-pyrrole nitrogens is 1. The Hall–Kier alpha value is -2.38. The van der Waals surface area contributed by atoms with E-state index in [2.05, 4.69) is 15.5 Å². The summed E-state index contributed by atoms with van der Waals surface area (Å²) in [4.78, 5) is 35.4. The molecule has 3 N–H and O–H groups in total. The molecular formula is C11H14N4O4. The van der Waals surface area contributed by atoms with E-state index in [1.165, 1.54) is 11.1 Å². The van der Waals surface area contributed by atoms with Gasteiger partial charge < -0.3 is 15.3 Å². The number of carbonyl (C=O) groups is 3. The van der Waals surface area contributed by atoms with Crippen molar-refractivity contribution >= 4 is 23.5 Å². The van der Waals surface area contributed by atoms with Gasteiger partial charge >= 0.3 is 5.97 Å². The molecule has 1 aromatic heterocycles. The van der Waals surface area contributed by atoms with Gasteiger partial charge in [0.1, 0.15) is 0 Å². The molecule has 1 atom stereocenters. The number of carbonyl (C=O) groups excluding carboxylic acids is 2. The van der Waals surface area contributed by atoms with Crippen molar-refractivity contribution in [1.82, 2.24) is 15.5 Å². The molecule has 102 valence electrons. The number of aromatic nitrogens is 2. The van der Waals surface area contributed by atoms with Crippen molar-refractivity contribution < 1.29 is 19.5 Å². The zero-order chi connectivity index (χ0) is 13.8. The van der Waals surface area contributed by atoms with Crippen LogP contribution >= 0.6 is 0 Å². The summed E-state index contributed by atoms with van der Waals surface area (Å²) in [5, 5.41) is 17.4. The van der Waals surface area contributed by atoms with E-state index in [0.717, 1.165) is 0 Å². The first-order valence-electron chi connectivity index (χ1n) is 5.86. The van der Waals surface area contributed by atoms with Crippen molar-refractivity contribution in [2.24, 2.45) is 5.92 Å². The van der Waals surface area contributed by atoms with E-state index in [-0.39, 0.29) is 37.7 Å². The third-order valence-corrected chi connectivity index (χ3v) is 2.93. The molecule has 0 aromatic carbocycles. The lowest BCUT2D eigenvalue weighted by Gasteiger charge is -2.13. The van der Waals surface area contributed by atoms with Gasteiger partial charge in [0.15, 0.2) is 0 Å². The van der Waals surface area contributed by atoms with Gasteiger partial charge in [0, 0.05) is 25.7 Å². The zero-order valence-corrected chi connectivity index (χ0v) is 10.1. The van der Waals surface area contributed by atoms with Crippen molar-refractivity contribution in [3.05, 3.63) is 12.4 Å². The molecule has 2 heterocycles. The van der Waals surface area contributed by atoms with Crippen LogP contribution in [0, 0.1) is 5.92 Å². The molecule has 0 radical (unpaired) electrons. The fourth-order valence-corrected chi connectivity index (χ4v) is 1.96. The molecule has 2 rings (SSSR count). The van der Waals surface area contributed by atoms with Gasteiger partial charge in [0.05, 0.1) is 24.2 Å². The molecule has 19 heavy (non-hydrogen) atoms. The van der Waals surface area contributed by atoms with Crippen molar-refractivity contribution in [2.75, 3.05) is 18.0 Å². The van der Waals surface area contributed by atoms with Crippen LogP contribution in [0.1, 0.15) is 12.8 Å². The normalized spacial score (nSPS) is 18.6. The molecule has 1 aromatic rings. The molecule has 0 spiro atoms. The second-order valence-electron chi connectivity index (χ2n) is 4.30. The minimum Gasteiger partial charge on any atom is -0.481 e. The Labute approximate surface area is 108 Å². The minimum atomic E-state index is -0.970. The Morgan fingerprint density at radius 3 is 3.00 bits per heavy atom. The summed E-state index contributed by atoms with van der Waals surface area (Å²) in [5.74, 6) is -1.85. The van der Waals surface area contributed by atoms with E-state index < -0.39 is 11.9 Å². The molecule has 0 saturated carbocycles. The van der Waals surface area contributed by atoms with E-state index in [9.17, 15) is 14.4 Å². The Kier molecular flexibility index (Phi) is 3.79. The number of nitrogens with zero attached hydrogens (tertiary/aromatic N) is 2. The SMILES string of the molecule is O=C(O)CCNC(=O)[C@@H]1CC(=O)N(c2cn[nH]c2)C1. The number of carboxylic acid groups (broad SMARTS) is 1. The summed E-state index contributed by atoms with van der Waals surface area (Å²) in [6, 6.07) is 0. The van der Waals surface area contributed by atoms with Crippen LogP contribution in [0.5, 0.6) is 0 Å². The zero-order valence-electron chi connectivity index (χ0n) is 10.1. The molecule has 8 nitrogen and oxygen atoms in total. The quantitative estimate of drug-likeness (QED) is 0.655. The van der Waals surface area contributed by atoms with Crippen molar-refractivity contribution in [3.8, 4) is 0 Å². The first-order chi connectivity index (χ1) is 9.08. The molecule has 2 amide bonds. The second-order valence-corrected chi connectivity index (χ2v) is 4.30. The number of amides is 2. The lowest BCUT2D eigenvalue weighted by molar-refractivity contribution is -0.137. The van der Waals surface area contributed by atoms with Crippen LogP contribution in [0.15, 0.2) is 12.4 Å². The van der Waals surface area contributed by atoms with Gasteiger partial charge in [-0.2, -0.15) is 5.10 Å². The third kappa shape index (κ3) is 3.09. The van der Waals surface area contributed by atoms with Crippen LogP contribution < -0.4 is 10.2 Å². The lowest BCUT2D eigenvalue weighted by Crippen LogP contribution is -2.34. The van der Waals surface area contributed by atoms with Gasteiger partial charge in [-0.3, -0.25) is 19.5 Å². The summed E-state index contributed by atoms with van der Waals surface area (Å²) in [5.41, 5.74) is 0.630. The molecule has 0 aliphatic carbocycles. The highest BCUT2D eigenvalue weighted by atomic mass is 16.4. The van der Waals surface area contributed by atoms with E-state index in [4.69, 9.17) is 5.11 Å². The van der Waals surface area contributed by atoms with Gasteiger partial charge in [-0.05, 0) is 0 Å². The van der Waals surface area contributed by atoms with Crippen molar-refractivity contribution in [2.45, 2.75) is 12.8 Å². The molecule has 1 aliphatic heterocycles. The Morgan fingerprint density at radius 2 is 2.37 bits per heavy atom. The molecule has 8 heteroatoms. The molecule has 0 unspecified atom stereocenters. The number of carboxylic acids is 1. The van der Waals surface area contributed by atoms with Crippen molar-refractivity contribution in [1.29, 1.82) is 0 Å². The van der Waals surface area contributed by atoms with Crippen LogP contribution in [-0.2, 0) is 14.4 Å². The van der Waals surface area contributed by atoms with Gasteiger partial charge in [-0.15, -0.1) is 0 Å². The van der Waals surface area contributed by atoms with Crippen molar-refractivity contribution in [3.63, 3.8) is 0 Å². The van der Waals surface area contributed by atoms with Crippen LogP contribution in [0.3, 0.4) is 0 Å². The highest BCUT2D eigenvalue weighted by Crippen LogP contribution is 2.23. The summed E-state index contributed by atoms with van der Waals surface area (Å²) in [6.07, 6.45) is 3.10. The average molecular weight is 266 g/mol. The predicted molar refractivity (Wildman–Crippen MR) is 64.3 cm³/mol. The Bertz CT molecular complexity index is 485. The lowest BCUT2D eigenvalue weighted by atomic mass is 10.1. The number of hydrogen-bond acceptors (Lipinski definition) is 4. The fraction of sp³-hybridized carbons (Fsp3) is 0.455. The monoisotopic (exact) mass is 266 g/mol. The molecule has 1 aliphatic rings. The number of nitrogens with one attached hydrogen (secondary N) is 2. The van der Waals surface area contributed by atoms with Gasteiger partial charge in [0.2, 0.25) is 11.8 Å². The van der Waals surface area contributed by atoms with Gasteiger partial charge in [-0.1, -0.05) is 0 Å². The van der Waals surface area contributed by atoms with Crippen LogP contribution in [0.4, 0.5) is 5.69 Å². The number of rotatable bonds is 5. The fourth-order valence-electron chi connectivity index (χ4n) is 1.96. The maximum Gasteiger partial charge on any atom is 0.305 e. The van der Waals surface area contributed by atoms with E-state index in [1.54, 1.807) is 6.20 Å². The Balaban J connectivity index is 1.88. The second kappa shape index (κ2) is 5.51. The molecular weight excluding hydrogens is 252 g/mol. The topological polar surface area (TPSA) is 115 Å². The first-order valence-corrected chi connectivity index (χ1v) is 5.86. The van der Waals surface area contributed by atoms with Gasteiger partial charge in [0.25, 0.3) is 0 Å². The largest absolute Gasteiger partial charge is 0.481 e. The maximum atomic E-state index is 11.8. The minimum absolute atomic E-state index is 0.0740. The summed E-state index contributed by atoms with van der Waals surface area (Å²) in [7, 11) is 0.